The van der Waals surface area contributed by atoms with Crippen molar-refractivity contribution in [2.24, 2.45) is 11.7 Å². The van der Waals surface area contributed by atoms with Crippen LogP contribution in [0, 0.1) is 12.8 Å². The Morgan fingerprint density at radius 1 is 1.62 bits per heavy atom. The largest absolute Gasteiger partial charge is 0.336 e. The van der Waals surface area contributed by atoms with Crippen LogP contribution in [-0.2, 0) is 11.3 Å². The predicted molar refractivity (Wildman–Crippen MR) is 61.6 cm³/mol. The SMILES string of the molecule is Cc1cccnc1CN1CC(CN)CC1=O. The Kier molecular flexibility index (Phi) is 3.19. The average molecular weight is 219 g/mol. The molecule has 0 radical (unpaired) electrons. The summed E-state index contributed by atoms with van der Waals surface area (Å²) in [6, 6.07) is 3.93. The zero-order valence-electron chi connectivity index (χ0n) is 9.52. The molecule has 2 heterocycles. The standard InChI is InChI=1S/C12H17N3O/c1-9-3-2-4-14-11(9)8-15-7-10(6-13)5-12(15)16/h2-4,10H,5-8,13H2,1H3. The van der Waals surface area contributed by atoms with E-state index in [4.69, 9.17) is 5.73 Å². The van der Waals surface area contributed by atoms with Gasteiger partial charge in [0.05, 0.1) is 12.2 Å². The van der Waals surface area contributed by atoms with Gasteiger partial charge in [0, 0.05) is 19.2 Å². The minimum Gasteiger partial charge on any atom is -0.336 e. The zero-order valence-corrected chi connectivity index (χ0v) is 9.52. The highest BCUT2D eigenvalue weighted by molar-refractivity contribution is 5.78. The number of carbonyl (C=O) groups excluding carboxylic acids is 1. The van der Waals surface area contributed by atoms with Gasteiger partial charge >= 0.3 is 0 Å². The van der Waals surface area contributed by atoms with Gasteiger partial charge in [-0.2, -0.15) is 0 Å². The van der Waals surface area contributed by atoms with Crippen LogP contribution in [0.4, 0.5) is 0 Å². The molecule has 2 rings (SSSR count). The lowest BCUT2D eigenvalue weighted by atomic mass is 10.1. The summed E-state index contributed by atoms with van der Waals surface area (Å²) >= 11 is 0. The summed E-state index contributed by atoms with van der Waals surface area (Å²) in [5.41, 5.74) is 7.70. The van der Waals surface area contributed by atoms with Crippen LogP contribution in [0.25, 0.3) is 0 Å². The van der Waals surface area contributed by atoms with E-state index in [2.05, 4.69) is 4.98 Å². The summed E-state index contributed by atoms with van der Waals surface area (Å²) in [5, 5.41) is 0. The zero-order chi connectivity index (χ0) is 11.5. The maximum atomic E-state index is 11.7. The van der Waals surface area contributed by atoms with Crippen molar-refractivity contribution in [3.63, 3.8) is 0 Å². The van der Waals surface area contributed by atoms with Crippen LogP contribution in [0.5, 0.6) is 0 Å². The first-order valence-corrected chi connectivity index (χ1v) is 5.59. The lowest BCUT2D eigenvalue weighted by Crippen LogP contribution is -2.26. The van der Waals surface area contributed by atoms with E-state index < -0.39 is 0 Å². The van der Waals surface area contributed by atoms with Crippen molar-refractivity contribution in [1.82, 2.24) is 9.88 Å². The summed E-state index contributed by atoms with van der Waals surface area (Å²) in [6.45, 7) is 3.99. The highest BCUT2D eigenvalue weighted by Gasteiger charge is 2.28. The van der Waals surface area contributed by atoms with E-state index in [-0.39, 0.29) is 5.91 Å². The maximum absolute atomic E-state index is 11.7. The smallest absolute Gasteiger partial charge is 0.223 e. The molecule has 0 spiro atoms. The molecule has 1 fully saturated rings. The minimum atomic E-state index is 0.195. The lowest BCUT2D eigenvalue weighted by Gasteiger charge is -2.16. The molecular weight excluding hydrogens is 202 g/mol. The minimum absolute atomic E-state index is 0.195. The molecule has 1 aliphatic rings. The summed E-state index contributed by atoms with van der Waals surface area (Å²) in [5.74, 6) is 0.511. The van der Waals surface area contributed by atoms with Gasteiger partial charge in [-0.25, -0.2) is 0 Å². The van der Waals surface area contributed by atoms with Crippen molar-refractivity contribution >= 4 is 5.91 Å². The second kappa shape index (κ2) is 4.61. The van der Waals surface area contributed by atoms with Crippen molar-refractivity contribution < 1.29 is 4.79 Å². The molecule has 0 bridgehead atoms. The van der Waals surface area contributed by atoms with Crippen LogP contribution >= 0.6 is 0 Å². The number of hydrogen-bond donors (Lipinski definition) is 1. The highest BCUT2D eigenvalue weighted by atomic mass is 16.2. The molecule has 1 aromatic rings. The number of rotatable bonds is 3. The third-order valence-electron chi connectivity index (χ3n) is 3.09. The van der Waals surface area contributed by atoms with E-state index in [0.717, 1.165) is 17.8 Å². The normalized spacial score (nSPS) is 20.5. The van der Waals surface area contributed by atoms with Crippen LogP contribution < -0.4 is 5.73 Å². The molecule has 1 aliphatic heterocycles. The van der Waals surface area contributed by atoms with Gasteiger partial charge in [-0.1, -0.05) is 6.07 Å². The van der Waals surface area contributed by atoms with Gasteiger partial charge in [0.15, 0.2) is 0 Å². The highest BCUT2D eigenvalue weighted by Crippen LogP contribution is 2.19. The summed E-state index contributed by atoms with van der Waals surface area (Å²) < 4.78 is 0. The first-order valence-electron chi connectivity index (χ1n) is 5.59. The van der Waals surface area contributed by atoms with Crippen LogP contribution in [0.2, 0.25) is 0 Å². The van der Waals surface area contributed by atoms with Gasteiger partial charge in [0.1, 0.15) is 0 Å². The Bertz CT molecular complexity index is 392. The Morgan fingerprint density at radius 2 is 2.44 bits per heavy atom. The van der Waals surface area contributed by atoms with E-state index in [0.29, 0.717) is 25.4 Å². The van der Waals surface area contributed by atoms with Gasteiger partial charge in [-0.3, -0.25) is 9.78 Å². The number of carbonyl (C=O) groups is 1. The number of nitrogens with two attached hydrogens (primary N) is 1. The molecule has 1 atom stereocenters. The van der Waals surface area contributed by atoms with Gasteiger partial charge in [-0.05, 0) is 31.0 Å². The second-order valence-corrected chi connectivity index (χ2v) is 4.35. The number of hydrogen-bond acceptors (Lipinski definition) is 3. The predicted octanol–water partition coefficient (Wildman–Crippen LogP) is 0.697. The number of pyridine rings is 1. The van der Waals surface area contributed by atoms with Gasteiger partial charge in [0.25, 0.3) is 0 Å². The molecule has 2 N–H and O–H groups in total. The summed E-state index contributed by atoms with van der Waals surface area (Å²) in [4.78, 5) is 17.9. The number of nitrogens with zero attached hydrogens (tertiary/aromatic N) is 2. The molecule has 4 nitrogen and oxygen atoms in total. The topological polar surface area (TPSA) is 59.2 Å². The van der Waals surface area contributed by atoms with Crippen LogP contribution in [0.15, 0.2) is 18.3 Å². The van der Waals surface area contributed by atoms with Crippen molar-refractivity contribution in [1.29, 1.82) is 0 Å². The molecule has 0 aromatic carbocycles. The molecule has 16 heavy (non-hydrogen) atoms. The van der Waals surface area contributed by atoms with E-state index >= 15 is 0 Å². The fraction of sp³-hybridized carbons (Fsp3) is 0.500. The third-order valence-corrected chi connectivity index (χ3v) is 3.09. The van der Waals surface area contributed by atoms with Crippen molar-refractivity contribution in [2.75, 3.05) is 13.1 Å². The number of amides is 1. The van der Waals surface area contributed by atoms with Crippen LogP contribution in [0.3, 0.4) is 0 Å². The fourth-order valence-corrected chi connectivity index (χ4v) is 2.03. The van der Waals surface area contributed by atoms with Crippen molar-refractivity contribution in [3.8, 4) is 0 Å². The van der Waals surface area contributed by atoms with E-state index in [1.54, 1.807) is 6.20 Å². The molecule has 0 aliphatic carbocycles. The van der Waals surface area contributed by atoms with E-state index in [1.807, 2.05) is 24.0 Å². The van der Waals surface area contributed by atoms with Gasteiger partial charge in [0.2, 0.25) is 5.91 Å². The third kappa shape index (κ3) is 2.22. The molecule has 4 heteroatoms. The number of likely N-dealkylation sites (tertiary alicyclic amines) is 1. The number of aromatic nitrogens is 1. The molecule has 1 saturated heterocycles. The van der Waals surface area contributed by atoms with Crippen LogP contribution in [-0.4, -0.2) is 28.9 Å². The maximum Gasteiger partial charge on any atom is 0.223 e. The first-order chi connectivity index (χ1) is 7.70. The molecule has 1 aromatic heterocycles. The first kappa shape index (κ1) is 11.1. The second-order valence-electron chi connectivity index (χ2n) is 4.35. The Morgan fingerprint density at radius 3 is 3.06 bits per heavy atom. The quantitative estimate of drug-likeness (QED) is 0.814. The molecule has 86 valence electrons. The van der Waals surface area contributed by atoms with Crippen molar-refractivity contribution in [3.05, 3.63) is 29.6 Å². The molecule has 1 amide bonds. The van der Waals surface area contributed by atoms with Gasteiger partial charge in [-0.15, -0.1) is 0 Å². The van der Waals surface area contributed by atoms with E-state index in [1.165, 1.54) is 0 Å². The molecular formula is C12H17N3O. The molecule has 0 saturated carbocycles. The van der Waals surface area contributed by atoms with Crippen molar-refractivity contribution in [2.45, 2.75) is 19.9 Å². The average Bonchev–Trinajstić information content (AvgIpc) is 2.63. The summed E-state index contributed by atoms with van der Waals surface area (Å²) in [6.07, 6.45) is 2.35. The monoisotopic (exact) mass is 219 g/mol. The van der Waals surface area contributed by atoms with Gasteiger partial charge < -0.3 is 10.6 Å². The fourth-order valence-electron chi connectivity index (χ4n) is 2.03. The summed E-state index contributed by atoms with van der Waals surface area (Å²) in [7, 11) is 0. The number of aryl methyl sites for hydroxylation is 1. The Labute approximate surface area is 95.5 Å². The molecule has 1 unspecified atom stereocenters. The Balaban J connectivity index is 2.06. The van der Waals surface area contributed by atoms with Crippen LogP contribution in [0.1, 0.15) is 17.7 Å². The lowest BCUT2D eigenvalue weighted by molar-refractivity contribution is -0.128. The Hall–Kier alpha value is -1.42. The van der Waals surface area contributed by atoms with E-state index in [9.17, 15) is 4.79 Å².